The number of carbonyl (C=O) groups is 1. The Morgan fingerprint density at radius 3 is 2.16 bits per heavy atom. The van der Waals surface area contributed by atoms with Crippen LogP contribution in [0.4, 0.5) is 10.7 Å². The number of hydrogen-bond donors (Lipinski definition) is 1. The Bertz CT molecular complexity index is 1200. The molecule has 0 aliphatic heterocycles. The minimum Gasteiger partial charge on any atom is -0.315 e. The van der Waals surface area contributed by atoms with Gasteiger partial charge in [0, 0.05) is 17.7 Å². The molecule has 0 aliphatic rings. The molecule has 1 amide bonds. The lowest BCUT2D eigenvalue weighted by Gasteiger charge is -2.11. The summed E-state index contributed by atoms with van der Waals surface area (Å²) in [6, 6.07) is 29.5. The van der Waals surface area contributed by atoms with E-state index in [1.807, 2.05) is 78.9 Å². The SMILES string of the molecule is CCCCn1c(-c2ccccc2)c(NC(=O)c2ccccc2)sc1=Nc1ccccc1. The standard InChI is InChI=1S/C26H25N3OS/c1-2-3-19-29-23(20-13-7-4-8-14-20)25(28-24(30)21-15-9-5-10-16-21)31-26(29)27-22-17-11-6-12-18-22/h4-18H,2-3,19H2,1H3,(H,28,30). The molecule has 4 aromatic rings. The molecule has 0 unspecified atom stereocenters. The van der Waals surface area contributed by atoms with Crippen molar-refractivity contribution in [2.75, 3.05) is 5.32 Å². The van der Waals surface area contributed by atoms with Crippen molar-refractivity contribution in [3.63, 3.8) is 0 Å². The van der Waals surface area contributed by atoms with E-state index >= 15 is 0 Å². The average molecular weight is 428 g/mol. The molecule has 0 saturated carbocycles. The van der Waals surface area contributed by atoms with E-state index in [-0.39, 0.29) is 5.91 Å². The van der Waals surface area contributed by atoms with Gasteiger partial charge in [-0.25, -0.2) is 4.99 Å². The first-order chi connectivity index (χ1) is 15.3. The average Bonchev–Trinajstić information content (AvgIpc) is 3.15. The largest absolute Gasteiger partial charge is 0.315 e. The van der Waals surface area contributed by atoms with Gasteiger partial charge in [-0.1, -0.05) is 91.4 Å². The lowest BCUT2D eigenvalue weighted by atomic mass is 10.1. The van der Waals surface area contributed by atoms with Crippen molar-refractivity contribution in [2.24, 2.45) is 4.99 Å². The Labute approximate surface area is 186 Å². The number of para-hydroxylation sites is 1. The number of thiazole rings is 1. The van der Waals surface area contributed by atoms with Crippen molar-refractivity contribution in [1.82, 2.24) is 4.57 Å². The van der Waals surface area contributed by atoms with Crippen LogP contribution in [0.1, 0.15) is 30.1 Å². The Balaban J connectivity index is 1.86. The fraction of sp³-hybridized carbons (Fsp3) is 0.154. The maximum Gasteiger partial charge on any atom is 0.256 e. The predicted molar refractivity (Wildman–Crippen MR) is 129 cm³/mol. The van der Waals surface area contributed by atoms with E-state index in [0.29, 0.717) is 5.56 Å². The molecule has 5 heteroatoms. The summed E-state index contributed by atoms with van der Waals surface area (Å²) in [6.07, 6.45) is 2.11. The molecule has 0 saturated heterocycles. The van der Waals surface area contributed by atoms with Gasteiger partial charge in [-0.2, -0.15) is 0 Å². The summed E-state index contributed by atoms with van der Waals surface area (Å²) < 4.78 is 2.23. The topological polar surface area (TPSA) is 46.4 Å². The summed E-state index contributed by atoms with van der Waals surface area (Å²) in [5.41, 5.74) is 3.59. The number of aromatic nitrogens is 1. The third-order valence-electron chi connectivity index (χ3n) is 4.94. The molecular weight excluding hydrogens is 402 g/mol. The maximum atomic E-state index is 12.9. The van der Waals surface area contributed by atoms with Crippen molar-refractivity contribution in [3.05, 3.63) is 101 Å². The van der Waals surface area contributed by atoms with Crippen molar-refractivity contribution >= 4 is 27.9 Å². The van der Waals surface area contributed by atoms with E-state index in [2.05, 4.69) is 28.9 Å². The molecule has 1 aromatic heterocycles. The Morgan fingerprint density at radius 1 is 0.903 bits per heavy atom. The van der Waals surface area contributed by atoms with E-state index < -0.39 is 0 Å². The molecular formula is C26H25N3OS. The fourth-order valence-corrected chi connectivity index (χ4v) is 4.46. The van der Waals surface area contributed by atoms with Gasteiger partial charge in [-0.05, 0) is 30.7 Å². The second kappa shape index (κ2) is 10.0. The van der Waals surface area contributed by atoms with Gasteiger partial charge in [0.1, 0.15) is 5.00 Å². The number of nitrogens with zero attached hydrogens (tertiary/aromatic N) is 2. The smallest absolute Gasteiger partial charge is 0.256 e. The van der Waals surface area contributed by atoms with Gasteiger partial charge in [-0.3, -0.25) is 4.79 Å². The lowest BCUT2D eigenvalue weighted by Crippen LogP contribution is -2.16. The van der Waals surface area contributed by atoms with E-state index in [9.17, 15) is 4.79 Å². The minimum atomic E-state index is -0.118. The molecule has 4 nitrogen and oxygen atoms in total. The highest BCUT2D eigenvalue weighted by Gasteiger charge is 2.18. The van der Waals surface area contributed by atoms with Crippen LogP contribution >= 0.6 is 11.3 Å². The van der Waals surface area contributed by atoms with Crippen molar-refractivity contribution in [1.29, 1.82) is 0 Å². The summed E-state index contributed by atoms with van der Waals surface area (Å²) in [4.78, 5) is 18.7. The van der Waals surface area contributed by atoms with E-state index in [1.54, 1.807) is 0 Å². The molecule has 0 radical (unpaired) electrons. The number of hydrogen-bond acceptors (Lipinski definition) is 3. The Hall–Kier alpha value is -3.44. The molecule has 1 N–H and O–H groups in total. The third kappa shape index (κ3) is 5.01. The van der Waals surface area contributed by atoms with Crippen molar-refractivity contribution in [2.45, 2.75) is 26.3 Å². The first kappa shape index (κ1) is 20.8. The van der Waals surface area contributed by atoms with Gasteiger partial charge in [0.15, 0.2) is 4.80 Å². The second-order valence-electron chi connectivity index (χ2n) is 7.20. The lowest BCUT2D eigenvalue weighted by molar-refractivity contribution is 0.102. The Kier molecular flexibility index (Phi) is 6.75. The van der Waals surface area contributed by atoms with E-state index in [1.165, 1.54) is 11.3 Å². The number of anilines is 1. The zero-order valence-electron chi connectivity index (χ0n) is 17.5. The van der Waals surface area contributed by atoms with Gasteiger partial charge in [-0.15, -0.1) is 0 Å². The highest BCUT2D eigenvalue weighted by Crippen LogP contribution is 2.32. The number of unbranched alkanes of at least 4 members (excludes halogenated alkanes) is 1. The van der Waals surface area contributed by atoms with Gasteiger partial charge in [0.25, 0.3) is 5.91 Å². The van der Waals surface area contributed by atoms with Crippen LogP contribution in [0.15, 0.2) is 96.0 Å². The summed E-state index contributed by atoms with van der Waals surface area (Å²) >= 11 is 1.51. The first-order valence-corrected chi connectivity index (χ1v) is 11.3. The van der Waals surface area contributed by atoms with Crippen LogP contribution in [0.3, 0.4) is 0 Å². The number of carbonyl (C=O) groups excluding carboxylic acids is 1. The number of amides is 1. The highest BCUT2D eigenvalue weighted by atomic mass is 32.1. The fourth-order valence-electron chi connectivity index (χ4n) is 3.37. The van der Waals surface area contributed by atoms with Crippen LogP contribution < -0.4 is 10.1 Å². The molecule has 0 bridgehead atoms. The zero-order valence-corrected chi connectivity index (χ0v) is 18.3. The molecule has 0 atom stereocenters. The van der Waals surface area contributed by atoms with Crippen LogP contribution in [-0.4, -0.2) is 10.5 Å². The normalized spacial score (nSPS) is 11.5. The molecule has 4 rings (SSSR count). The monoisotopic (exact) mass is 427 g/mol. The van der Waals surface area contributed by atoms with Crippen molar-refractivity contribution < 1.29 is 4.79 Å². The maximum absolute atomic E-state index is 12.9. The summed E-state index contributed by atoms with van der Waals surface area (Å²) in [7, 11) is 0. The van der Waals surface area contributed by atoms with E-state index in [4.69, 9.17) is 4.99 Å². The predicted octanol–water partition coefficient (Wildman–Crippen LogP) is 6.50. The molecule has 0 spiro atoms. The number of nitrogens with one attached hydrogen (secondary N) is 1. The van der Waals surface area contributed by atoms with Gasteiger partial charge in [0.2, 0.25) is 0 Å². The van der Waals surface area contributed by atoms with Gasteiger partial charge < -0.3 is 9.88 Å². The third-order valence-corrected chi connectivity index (χ3v) is 5.93. The van der Waals surface area contributed by atoms with E-state index in [0.717, 1.165) is 46.1 Å². The molecule has 156 valence electrons. The molecule has 3 aromatic carbocycles. The first-order valence-electron chi connectivity index (χ1n) is 10.5. The molecule has 1 heterocycles. The quantitative estimate of drug-likeness (QED) is 0.359. The van der Waals surface area contributed by atoms with Crippen LogP contribution in [0.2, 0.25) is 0 Å². The van der Waals surface area contributed by atoms with Crippen LogP contribution in [-0.2, 0) is 6.54 Å². The van der Waals surface area contributed by atoms with Crippen LogP contribution in [0, 0.1) is 0 Å². The molecule has 0 fully saturated rings. The summed E-state index contributed by atoms with van der Waals surface area (Å²) in [5, 5.41) is 3.96. The zero-order chi connectivity index (χ0) is 21.5. The van der Waals surface area contributed by atoms with Gasteiger partial charge >= 0.3 is 0 Å². The second-order valence-corrected chi connectivity index (χ2v) is 8.18. The molecule has 0 aliphatic carbocycles. The number of rotatable bonds is 7. The Morgan fingerprint density at radius 2 is 1.52 bits per heavy atom. The van der Waals surface area contributed by atoms with Crippen molar-refractivity contribution in [3.8, 4) is 11.3 Å². The highest BCUT2D eigenvalue weighted by molar-refractivity contribution is 7.14. The van der Waals surface area contributed by atoms with Gasteiger partial charge in [0.05, 0.1) is 11.4 Å². The number of benzene rings is 3. The molecule has 31 heavy (non-hydrogen) atoms. The van der Waals surface area contributed by atoms with Crippen LogP contribution in [0.25, 0.3) is 11.3 Å². The van der Waals surface area contributed by atoms with Crippen LogP contribution in [0.5, 0.6) is 0 Å². The summed E-state index contributed by atoms with van der Waals surface area (Å²) in [5.74, 6) is -0.118. The minimum absolute atomic E-state index is 0.118. The summed E-state index contributed by atoms with van der Waals surface area (Å²) in [6.45, 7) is 3.02.